The highest BCUT2D eigenvalue weighted by Crippen LogP contribution is 2.26. The molecule has 4 nitrogen and oxygen atoms in total. The summed E-state index contributed by atoms with van der Waals surface area (Å²) in [6.45, 7) is 0. The Balaban J connectivity index is 2.57. The van der Waals surface area contributed by atoms with Crippen LogP contribution in [-0.2, 0) is 0 Å². The maximum atomic E-state index is 12.9. The predicted molar refractivity (Wildman–Crippen MR) is 60.5 cm³/mol. The van der Waals surface area contributed by atoms with E-state index < -0.39 is 23.7 Å². The number of rotatable bonds is 3. The monoisotopic (exact) mass is 272 g/mol. The molecule has 0 aliphatic carbocycles. The number of alkyl halides is 2. The molecular formula is C11H7ClF2N2O2. The molecule has 0 saturated heterocycles. The van der Waals surface area contributed by atoms with Crippen LogP contribution >= 0.6 is 11.6 Å². The number of carbonyl (C=O) groups is 1. The Morgan fingerprint density at radius 3 is 2.44 bits per heavy atom. The third kappa shape index (κ3) is 2.19. The van der Waals surface area contributed by atoms with E-state index in [2.05, 4.69) is 5.10 Å². The second-order valence-electron chi connectivity index (χ2n) is 3.44. The molecule has 18 heavy (non-hydrogen) atoms. The smallest absolute Gasteiger partial charge is 0.339 e. The van der Waals surface area contributed by atoms with Crippen molar-refractivity contribution >= 4 is 17.6 Å². The van der Waals surface area contributed by atoms with Crippen molar-refractivity contribution in [3.05, 3.63) is 46.7 Å². The van der Waals surface area contributed by atoms with E-state index in [9.17, 15) is 13.6 Å². The maximum absolute atomic E-state index is 12.9. The van der Waals surface area contributed by atoms with Gasteiger partial charge in [-0.15, -0.1) is 0 Å². The molecule has 0 radical (unpaired) electrons. The van der Waals surface area contributed by atoms with Gasteiger partial charge in [0.1, 0.15) is 11.3 Å². The molecule has 0 bridgehead atoms. The number of hydrogen-bond donors (Lipinski definition) is 1. The summed E-state index contributed by atoms with van der Waals surface area (Å²) in [4.78, 5) is 10.8. The van der Waals surface area contributed by atoms with E-state index in [4.69, 9.17) is 16.7 Å². The third-order valence-electron chi connectivity index (χ3n) is 2.31. The molecule has 1 N–H and O–H groups in total. The van der Waals surface area contributed by atoms with E-state index in [1.807, 2.05) is 0 Å². The van der Waals surface area contributed by atoms with Crippen molar-refractivity contribution in [2.24, 2.45) is 0 Å². The molecule has 0 fully saturated rings. The van der Waals surface area contributed by atoms with E-state index >= 15 is 0 Å². The van der Waals surface area contributed by atoms with Gasteiger partial charge in [-0.3, -0.25) is 0 Å². The minimum atomic E-state index is -2.94. The van der Waals surface area contributed by atoms with Gasteiger partial charge < -0.3 is 5.11 Å². The topological polar surface area (TPSA) is 55.1 Å². The molecule has 94 valence electrons. The maximum Gasteiger partial charge on any atom is 0.339 e. The first-order chi connectivity index (χ1) is 8.50. The number of carboxylic acid groups (broad SMARTS) is 1. The summed E-state index contributed by atoms with van der Waals surface area (Å²) in [6.07, 6.45) is -2.03. The number of nitrogens with zero attached hydrogens (tertiary/aromatic N) is 2. The molecule has 0 spiro atoms. The van der Waals surface area contributed by atoms with Crippen LogP contribution in [0.5, 0.6) is 0 Å². The molecule has 2 aromatic rings. The summed E-state index contributed by atoms with van der Waals surface area (Å²) >= 11 is 5.69. The summed E-state index contributed by atoms with van der Waals surface area (Å²) in [5.41, 5.74) is -0.841. The fourth-order valence-corrected chi connectivity index (χ4v) is 1.65. The van der Waals surface area contributed by atoms with Crippen LogP contribution in [-0.4, -0.2) is 20.9 Å². The molecular weight excluding hydrogens is 266 g/mol. The van der Waals surface area contributed by atoms with Crippen LogP contribution in [0.2, 0.25) is 5.02 Å². The number of benzene rings is 1. The van der Waals surface area contributed by atoms with Crippen LogP contribution in [0, 0.1) is 0 Å². The van der Waals surface area contributed by atoms with Crippen LogP contribution < -0.4 is 0 Å². The quantitative estimate of drug-likeness (QED) is 0.934. The molecule has 1 heterocycles. The molecule has 0 atom stereocenters. The van der Waals surface area contributed by atoms with E-state index in [0.717, 1.165) is 10.9 Å². The van der Waals surface area contributed by atoms with E-state index in [0.29, 0.717) is 10.7 Å². The van der Waals surface area contributed by atoms with Gasteiger partial charge in [0.2, 0.25) is 0 Å². The van der Waals surface area contributed by atoms with E-state index in [1.54, 1.807) is 0 Å². The van der Waals surface area contributed by atoms with Crippen LogP contribution in [0.3, 0.4) is 0 Å². The highest BCUT2D eigenvalue weighted by molar-refractivity contribution is 6.30. The van der Waals surface area contributed by atoms with Crippen molar-refractivity contribution < 1.29 is 18.7 Å². The van der Waals surface area contributed by atoms with E-state index in [1.165, 1.54) is 24.3 Å². The first kappa shape index (κ1) is 12.5. The van der Waals surface area contributed by atoms with Gasteiger partial charge in [0, 0.05) is 5.02 Å². The number of halogens is 3. The summed E-state index contributed by atoms with van der Waals surface area (Å²) < 4.78 is 26.7. The van der Waals surface area contributed by atoms with Crippen molar-refractivity contribution in [2.75, 3.05) is 0 Å². The largest absolute Gasteiger partial charge is 0.478 e. The second-order valence-corrected chi connectivity index (χ2v) is 3.87. The van der Waals surface area contributed by atoms with Crippen molar-refractivity contribution in [3.63, 3.8) is 0 Å². The minimum absolute atomic E-state index is 0.321. The highest BCUT2D eigenvalue weighted by atomic mass is 35.5. The Morgan fingerprint density at radius 2 is 1.94 bits per heavy atom. The van der Waals surface area contributed by atoms with Gasteiger partial charge in [-0.2, -0.15) is 5.10 Å². The molecule has 2 rings (SSSR count). The lowest BCUT2D eigenvalue weighted by Crippen LogP contribution is -2.07. The third-order valence-corrected chi connectivity index (χ3v) is 2.57. The fraction of sp³-hybridized carbons (Fsp3) is 0.0909. The van der Waals surface area contributed by atoms with Crippen molar-refractivity contribution in [2.45, 2.75) is 6.43 Å². The first-order valence-electron chi connectivity index (χ1n) is 4.86. The summed E-state index contributed by atoms with van der Waals surface area (Å²) in [5.74, 6) is -1.44. The molecule has 7 heteroatoms. The predicted octanol–water partition coefficient (Wildman–Crippen LogP) is 3.16. The van der Waals surface area contributed by atoms with Gasteiger partial charge in [0.25, 0.3) is 6.43 Å². The summed E-state index contributed by atoms with van der Waals surface area (Å²) in [6, 6.07) is 5.97. The summed E-state index contributed by atoms with van der Waals surface area (Å²) in [7, 11) is 0. The first-order valence-corrected chi connectivity index (χ1v) is 5.24. The van der Waals surface area contributed by atoms with Crippen molar-refractivity contribution in [1.29, 1.82) is 0 Å². The minimum Gasteiger partial charge on any atom is -0.478 e. The number of aromatic nitrogens is 2. The highest BCUT2D eigenvalue weighted by Gasteiger charge is 2.24. The number of carboxylic acids is 1. The van der Waals surface area contributed by atoms with E-state index in [-0.39, 0.29) is 0 Å². The zero-order chi connectivity index (χ0) is 13.3. The molecule has 0 aliphatic heterocycles. The Bertz CT molecular complexity index is 581. The zero-order valence-corrected chi connectivity index (χ0v) is 9.60. The lowest BCUT2D eigenvalue weighted by atomic mass is 10.2. The zero-order valence-electron chi connectivity index (χ0n) is 8.85. The van der Waals surface area contributed by atoms with Crippen LogP contribution in [0.15, 0.2) is 30.5 Å². The molecule has 0 unspecified atom stereocenters. The molecule has 0 amide bonds. The molecule has 0 aliphatic rings. The van der Waals surface area contributed by atoms with Crippen LogP contribution in [0.4, 0.5) is 8.78 Å². The number of aromatic carboxylic acids is 1. The van der Waals surface area contributed by atoms with Crippen LogP contribution in [0.1, 0.15) is 22.5 Å². The van der Waals surface area contributed by atoms with Gasteiger partial charge in [-0.05, 0) is 24.3 Å². The Labute approximate surface area is 105 Å². The number of hydrogen-bond acceptors (Lipinski definition) is 2. The van der Waals surface area contributed by atoms with Crippen molar-refractivity contribution in [3.8, 4) is 5.69 Å². The van der Waals surface area contributed by atoms with Gasteiger partial charge in [-0.25, -0.2) is 18.3 Å². The van der Waals surface area contributed by atoms with Crippen molar-refractivity contribution in [1.82, 2.24) is 9.78 Å². The Hall–Kier alpha value is -1.95. The SMILES string of the molecule is O=C(O)c1cnn(-c2ccc(Cl)cc2)c1C(F)F. The molecule has 0 saturated carbocycles. The standard InChI is InChI=1S/C11H7ClF2N2O2/c12-6-1-3-7(4-2-6)16-9(10(13)14)8(5-15-16)11(17)18/h1-5,10H,(H,17,18). The summed E-state index contributed by atoms with van der Waals surface area (Å²) in [5, 5.41) is 12.9. The van der Waals surface area contributed by atoms with Gasteiger partial charge in [-0.1, -0.05) is 11.6 Å². The average Bonchev–Trinajstić information content (AvgIpc) is 2.74. The second kappa shape index (κ2) is 4.73. The average molecular weight is 273 g/mol. The molecule has 1 aromatic heterocycles. The Morgan fingerprint density at radius 1 is 1.33 bits per heavy atom. The van der Waals surface area contributed by atoms with Gasteiger partial charge in [0.15, 0.2) is 0 Å². The van der Waals surface area contributed by atoms with Gasteiger partial charge in [0.05, 0.1) is 11.9 Å². The lowest BCUT2D eigenvalue weighted by Gasteiger charge is -2.07. The van der Waals surface area contributed by atoms with Crippen LogP contribution in [0.25, 0.3) is 5.69 Å². The fourth-order valence-electron chi connectivity index (χ4n) is 1.52. The molecule has 1 aromatic carbocycles. The Kier molecular flexibility index (Phi) is 3.29. The van der Waals surface area contributed by atoms with Gasteiger partial charge >= 0.3 is 5.97 Å². The normalized spacial score (nSPS) is 10.9. The lowest BCUT2D eigenvalue weighted by molar-refractivity contribution is 0.0683.